The molecular weight excluding hydrogens is 234 g/mol. The first kappa shape index (κ1) is 12.6. The van der Waals surface area contributed by atoms with E-state index in [1.807, 2.05) is 24.3 Å². The lowest BCUT2D eigenvalue weighted by Gasteiger charge is -2.31. The van der Waals surface area contributed by atoms with Crippen LogP contribution in [0.5, 0.6) is 0 Å². The predicted molar refractivity (Wildman–Crippen MR) is 70.2 cm³/mol. The zero-order valence-corrected chi connectivity index (χ0v) is 10.7. The molecule has 0 heterocycles. The Hall–Kier alpha value is -0.860. The van der Waals surface area contributed by atoms with Crippen molar-refractivity contribution in [3.05, 3.63) is 34.9 Å². The fraction of sp³-hybridized carbons (Fsp3) is 0.500. The van der Waals surface area contributed by atoms with Gasteiger partial charge in [-0.2, -0.15) is 0 Å². The molecule has 1 fully saturated rings. The molecule has 1 saturated carbocycles. The molecule has 3 heteroatoms. The van der Waals surface area contributed by atoms with Gasteiger partial charge in [0.05, 0.1) is 5.54 Å². The average Bonchev–Trinajstić information content (AvgIpc) is 2.33. The van der Waals surface area contributed by atoms with E-state index in [2.05, 4.69) is 0 Å². The summed E-state index contributed by atoms with van der Waals surface area (Å²) in [6, 6.07) is 7.42. The normalized spacial score (nSPS) is 18.9. The quantitative estimate of drug-likeness (QED) is 0.897. The van der Waals surface area contributed by atoms with E-state index in [1.165, 1.54) is 6.42 Å². The Morgan fingerprint density at radius 3 is 2.35 bits per heavy atom. The van der Waals surface area contributed by atoms with E-state index in [0.717, 1.165) is 31.2 Å². The molecule has 1 aromatic rings. The Kier molecular flexibility index (Phi) is 3.85. The second-order valence-electron chi connectivity index (χ2n) is 4.94. The Labute approximate surface area is 107 Å². The molecule has 0 aliphatic heterocycles. The van der Waals surface area contributed by atoms with Crippen LogP contribution in [0.15, 0.2) is 24.3 Å². The van der Waals surface area contributed by atoms with Crippen LogP contribution in [0.25, 0.3) is 0 Å². The molecule has 2 nitrogen and oxygen atoms in total. The minimum absolute atomic E-state index is 0.166. The Bertz CT molecular complexity index is 393. The van der Waals surface area contributed by atoms with Crippen LogP contribution < -0.4 is 5.73 Å². The SMILES string of the molecule is NC1(C(=O)Cc2ccc(Cl)cc2)CCCCC1. The first-order chi connectivity index (χ1) is 8.10. The van der Waals surface area contributed by atoms with Gasteiger partial charge in [-0.3, -0.25) is 4.79 Å². The molecule has 2 N–H and O–H groups in total. The molecule has 92 valence electrons. The van der Waals surface area contributed by atoms with E-state index in [1.54, 1.807) is 0 Å². The molecule has 0 saturated heterocycles. The van der Waals surface area contributed by atoms with Crippen molar-refractivity contribution in [2.75, 3.05) is 0 Å². The topological polar surface area (TPSA) is 43.1 Å². The van der Waals surface area contributed by atoms with Gasteiger partial charge in [-0.15, -0.1) is 0 Å². The number of hydrogen-bond donors (Lipinski definition) is 1. The van der Waals surface area contributed by atoms with Crippen LogP contribution in [0.3, 0.4) is 0 Å². The van der Waals surface area contributed by atoms with Crippen LogP contribution in [-0.2, 0) is 11.2 Å². The number of nitrogens with two attached hydrogens (primary N) is 1. The number of carbonyl (C=O) groups excluding carboxylic acids is 1. The third-order valence-electron chi connectivity index (χ3n) is 3.58. The van der Waals surface area contributed by atoms with Gasteiger partial charge in [-0.25, -0.2) is 0 Å². The molecule has 0 atom stereocenters. The van der Waals surface area contributed by atoms with E-state index in [9.17, 15) is 4.79 Å². The second-order valence-corrected chi connectivity index (χ2v) is 5.38. The van der Waals surface area contributed by atoms with Gasteiger partial charge in [0.25, 0.3) is 0 Å². The largest absolute Gasteiger partial charge is 0.319 e. The maximum atomic E-state index is 12.2. The molecule has 0 aromatic heterocycles. The van der Waals surface area contributed by atoms with Gasteiger partial charge < -0.3 is 5.73 Å². The maximum Gasteiger partial charge on any atom is 0.156 e. The highest BCUT2D eigenvalue weighted by Gasteiger charge is 2.34. The number of rotatable bonds is 3. The minimum atomic E-state index is -0.585. The molecule has 2 rings (SSSR count). The van der Waals surface area contributed by atoms with Gasteiger partial charge in [0, 0.05) is 11.4 Å². The van der Waals surface area contributed by atoms with E-state index in [0.29, 0.717) is 11.4 Å². The number of Topliss-reactive ketones (excluding diaryl/α,β-unsaturated/α-hetero) is 1. The summed E-state index contributed by atoms with van der Waals surface area (Å²) in [7, 11) is 0. The van der Waals surface area contributed by atoms with E-state index < -0.39 is 5.54 Å². The lowest BCUT2D eigenvalue weighted by Crippen LogP contribution is -2.50. The fourth-order valence-corrected chi connectivity index (χ4v) is 2.55. The van der Waals surface area contributed by atoms with Crippen molar-refractivity contribution in [3.8, 4) is 0 Å². The highest BCUT2D eigenvalue weighted by molar-refractivity contribution is 6.30. The molecule has 0 radical (unpaired) electrons. The van der Waals surface area contributed by atoms with Gasteiger partial charge in [-0.05, 0) is 30.5 Å². The molecule has 0 bridgehead atoms. The summed E-state index contributed by atoms with van der Waals surface area (Å²) in [5, 5.41) is 0.696. The minimum Gasteiger partial charge on any atom is -0.319 e. The molecule has 1 aliphatic carbocycles. The van der Waals surface area contributed by atoms with E-state index in [-0.39, 0.29) is 5.78 Å². The number of benzene rings is 1. The van der Waals surface area contributed by atoms with Gasteiger partial charge >= 0.3 is 0 Å². The summed E-state index contributed by atoms with van der Waals surface area (Å²) in [6.45, 7) is 0. The van der Waals surface area contributed by atoms with Gasteiger partial charge in [0.2, 0.25) is 0 Å². The molecule has 1 aromatic carbocycles. The first-order valence-electron chi connectivity index (χ1n) is 6.17. The summed E-state index contributed by atoms with van der Waals surface area (Å²) < 4.78 is 0. The van der Waals surface area contributed by atoms with Crippen LogP contribution in [-0.4, -0.2) is 11.3 Å². The summed E-state index contributed by atoms with van der Waals surface area (Å²) in [5.74, 6) is 0.166. The summed E-state index contributed by atoms with van der Waals surface area (Å²) in [6.07, 6.45) is 5.44. The number of ketones is 1. The highest BCUT2D eigenvalue weighted by Crippen LogP contribution is 2.27. The van der Waals surface area contributed by atoms with Crippen molar-refractivity contribution >= 4 is 17.4 Å². The Morgan fingerprint density at radius 1 is 1.18 bits per heavy atom. The standard InChI is InChI=1S/C14H18ClNO/c15-12-6-4-11(5-7-12)10-13(17)14(16)8-2-1-3-9-14/h4-7H,1-3,8-10,16H2. The molecule has 17 heavy (non-hydrogen) atoms. The average molecular weight is 252 g/mol. The zero-order valence-electron chi connectivity index (χ0n) is 9.92. The Morgan fingerprint density at radius 2 is 1.76 bits per heavy atom. The van der Waals surface area contributed by atoms with Crippen molar-refractivity contribution in [2.45, 2.75) is 44.1 Å². The number of hydrogen-bond acceptors (Lipinski definition) is 2. The fourth-order valence-electron chi connectivity index (χ4n) is 2.43. The third-order valence-corrected chi connectivity index (χ3v) is 3.83. The van der Waals surface area contributed by atoms with Crippen LogP contribution in [0, 0.1) is 0 Å². The maximum absolute atomic E-state index is 12.2. The van der Waals surface area contributed by atoms with E-state index in [4.69, 9.17) is 17.3 Å². The van der Waals surface area contributed by atoms with Crippen LogP contribution in [0.4, 0.5) is 0 Å². The van der Waals surface area contributed by atoms with Crippen LogP contribution in [0.1, 0.15) is 37.7 Å². The smallest absolute Gasteiger partial charge is 0.156 e. The van der Waals surface area contributed by atoms with Crippen LogP contribution in [0.2, 0.25) is 5.02 Å². The lowest BCUT2D eigenvalue weighted by atomic mass is 9.78. The molecule has 0 amide bonds. The Balaban J connectivity index is 2.03. The molecule has 0 unspecified atom stereocenters. The predicted octanol–water partition coefficient (Wildman–Crippen LogP) is 3.11. The molecular formula is C14H18ClNO. The van der Waals surface area contributed by atoms with Crippen molar-refractivity contribution in [1.29, 1.82) is 0 Å². The number of halogens is 1. The monoisotopic (exact) mass is 251 g/mol. The zero-order chi connectivity index (χ0) is 12.3. The number of carbonyl (C=O) groups is 1. The van der Waals surface area contributed by atoms with Crippen molar-refractivity contribution in [2.24, 2.45) is 5.73 Å². The lowest BCUT2D eigenvalue weighted by molar-refractivity contribution is -0.124. The van der Waals surface area contributed by atoms with Crippen molar-refractivity contribution in [1.82, 2.24) is 0 Å². The van der Waals surface area contributed by atoms with E-state index >= 15 is 0 Å². The van der Waals surface area contributed by atoms with Crippen LogP contribution >= 0.6 is 11.6 Å². The summed E-state index contributed by atoms with van der Waals surface area (Å²) >= 11 is 5.81. The van der Waals surface area contributed by atoms with Crippen molar-refractivity contribution in [3.63, 3.8) is 0 Å². The van der Waals surface area contributed by atoms with Gasteiger partial charge in [-0.1, -0.05) is 43.0 Å². The molecule has 1 aliphatic rings. The summed E-state index contributed by atoms with van der Waals surface area (Å²) in [4.78, 5) is 12.2. The van der Waals surface area contributed by atoms with Gasteiger partial charge in [0.15, 0.2) is 5.78 Å². The third kappa shape index (κ3) is 3.08. The molecule has 0 spiro atoms. The first-order valence-corrected chi connectivity index (χ1v) is 6.55. The highest BCUT2D eigenvalue weighted by atomic mass is 35.5. The van der Waals surface area contributed by atoms with Gasteiger partial charge in [0.1, 0.15) is 0 Å². The van der Waals surface area contributed by atoms with Crippen molar-refractivity contribution < 1.29 is 4.79 Å². The second kappa shape index (κ2) is 5.19. The summed E-state index contributed by atoms with van der Waals surface area (Å²) in [5.41, 5.74) is 6.61.